The zero-order chi connectivity index (χ0) is 12.3. The molecule has 0 spiro atoms. The highest BCUT2D eigenvalue weighted by molar-refractivity contribution is 6.01. The molecule has 0 aromatic carbocycles. The van der Waals surface area contributed by atoms with Gasteiger partial charge in [-0.15, -0.1) is 0 Å². The molecule has 0 saturated heterocycles. The van der Waals surface area contributed by atoms with Gasteiger partial charge < -0.3 is 15.8 Å². The molecule has 0 radical (unpaired) electrons. The van der Waals surface area contributed by atoms with E-state index in [0.717, 1.165) is 5.82 Å². The van der Waals surface area contributed by atoms with Gasteiger partial charge in [0, 0.05) is 19.3 Å². The van der Waals surface area contributed by atoms with Crippen molar-refractivity contribution in [3.8, 4) is 0 Å². The van der Waals surface area contributed by atoms with E-state index >= 15 is 0 Å². The van der Waals surface area contributed by atoms with Crippen molar-refractivity contribution in [2.45, 2.75) is 31.7 Å². The van der Waals surface area contributed by atoms with E-state index in [1.807, 2.05) is 13.1 Å². The molecule has 1 aliphatic rings. The summed E-state index contributed by atoms with van der Waals surface area (Å²) >= 11 is 0. The second kappa shape index (κ2) is 5.03. The van der Waals surface area contributed by atoms with Crippen LogP contribution in [0.2, 0.25) is 0 Å². The SMILES string of the molecule is CN(c1ncccc1/C(N)=N/O)C1CCCC1. The number of oxime groups is 1. The first-order valence-corrected chi connectivity index (χ1v) is 5.89. The molecule has 0 atom stereocenters. The summed E-state index contributed by atoms with van der Waals surface area (Å²) in [6.45, 7) is 0. The summed E-state index contributed by atoms with van der Waals surface area (Å²) in [5.41, 5.74) is 6.35. The van der Waals surface area contributed by atoms with Crippen LogP contribution >= 0.6 is 0 Å². The number of hydrogen-bond acceptors (Lipinski definition) is 4. The van der Waals surface area contributed by atoms with E-state index in [-0.39, 0.29) is 5.84 Å². The Kier molecular flexibility index (Phi) is 3.46. The van der Waals surface area contributed by atoms with Gasteiger partial charge in [-0.1, -0.05) is 18.0 Å². The third-order valence-electron chi connectivity index (χ3n) is 3.38. The van der Waals surface area contributed by atoms with Gasteiger partial charge in [0.1, 0.15) is 5.82 Å². The summed E-state index contributed by atoms with van der Waals surface area (Å²) < 4.78 is 0. The third-order valence-corrected chi connectivity index (χ3v) is 3.38. The normalized spacial score (nSPS) is 17.4. The lowest BCUT2D eigenvalue weighted by atomic mass is 10.1. The van der Waals surface area contributed by atoms with Crippen molar-refractivity contribution in [1.29, 1.82) is 0 Å². The summed E-state index contributed by atoms with van der Waals surface area (Å²) in [6.07, 6.45) is 6.63. The molecular formula is C12H18N4O. The fourth-order valence-corrected chi connectivity index (χ4v) is 2.40. The monoisotopic (exact) mass is 234 g/mol. The van der Waals surface area contributed by atoms with Gasteiger partial charge in [0.25, 0.3) is 0 Å². The van der Waals surface area contributed by atoms with Gasteiger partial charge >= 0.3 is 0 Å². The molecule has 92 valence electrons. The van der Waals surface area contributed by atoms with Gasteiger partial charge in [0.2, 0.25) is 0 Å². The number of hydrogen-bond donors (Lipinski definition) is 2. The fraction of sp³-hybridized carbons (Fsp3) is 0.500. The quantitative estimate of drug-likeness (QED) is 0.360. The Morgan fingerprint density at radius 1 is 1.53 bits per heavy atom. The molecule has 1 aliphatic carbocycles. The van der Waals surface area contributed by atoms with Gasteiger partial charge in [0.05, 0.1) is 5.56 Å². The van der Waals surface area contributed by atoms with Crippen LogP contribution in [0, 0.1) is 0 Å². The molecule has 2 rings (SSSR count). The van der Waals surface area contributed by atoms with Gasteiger partial charge in [0.15, 0.2) is 5.84 Å². The van der Waals surface area contributed by atoms with Crippen LogP contribution in [0.3, 0.4) is 0 Å². The van der Waals surface area contributed by atoms with E-state index in [9.17, 15) is 0 Å². The van der Waals surface area contributed by atoms with Gasteiger partial charge in [-0.3, -0.25) is 0 Å². The van der Waals surface area contributed by atoms with Crippen LogP contribution in [-0.4, -0.2) is 29.1 Å². The zero-order valence-corrected chi connectivity index (χ0v) is 10.0. The summed E-state index contributed by atoms with van der Waals surface area (Å²) in [5, 5.41) is 11.8. The highest BCUT2D eigenvalue weighted by atomic mass is 16.4. The predicted octanol–water partition coefficient (Wildman–Crippen LogP) is 1.55. The molecule has 17 heavy (non-hydrogen) atoms. The third kappa shape index (κ3) is 2.33. The lowest BCUT2D eigenvalue weighted by Crippen LogP contribution is -2.32. The summed E-state index contributed by atoms with van der Waals surface area (Å²) in [4.78, 5) is 6.49. The number of nitrogens with two attached hydrogens (primary N) is 1. The molecule has 1 heterocycles. The van der Waals surface area contributed by atoms with E-state index in [0.29, 0.717) is 11.6 Å². The van der Waals surface area contributed by atoms with Gasteiger partial charge in [-0.05, 0) is 25.0 Å². The topological polar surface area (TPSA) is 74.7 Å². The molecule has 1 aromatic rings. The van der Waals surface area contributed by atoms with Crippen LogP contribution in [0.5, 0.6) is 0 Å². The largest absolute Gasteiger partial charge is 0.409 e. The molecule has 0 bridgehead atoms. The number of pyridine rings is 1. The van der Waals surface area contributed by atoms with Crippen LogP contribution in [0.1, 0.15) is 31.2 Å². The predicted molar refractivity (Wildman–Crippen MR) is 67.4 cm³/mol. The zero-order valence-electron chi connectivity index (χ0n) is 10.0. The second-order valence-electron chi connectivity index (χ2n) is 4.41. The Bertz CT molecular complexity index is 413. The van der Waals surface area contributed by atoms with Crippen molar-refractivity contribution in [2.75, 3.05) is 11.9 Å². The molecular weight excluding hydrogens is 216 g/mol. The van der Waals surface area contributed by atoms with Crippen molar-refractivity contribution in [3.63, 3.8) is 0 Å². The van der Waals surface area contributed by atoms with Crippen LogP contribution < -0.4 is 10.6 Å². The number of aromatic nitrogens is 1. The molecule has 1 saturated carbocycles. The van der Waals surface area contributed by atoms with E-state index in [4.69, 9.17) is 10.9 Å². The standard InChI is InChI=1S/C12H18N4O/c1-16(9-5-2-3-6-9)12-10(11(13)15-17)7-4-8-14-12/h4,7-9,17H,2-3,5-6H2,1H3,(H2,13,15). The highest BCUT2D eigenvalue weighted by Gasteiger charge is 2.23. The molecule has 0 aliphatic heterocycles. The van der Waals surface area contributed by atoms with Crippen LogP contribution in [0.25, 0.3) is 0 Å². The van der Waals surface area contributed by atoms with E-state index in [2.05, 4.69) is 15.0 Å². The molecule has 0 unspecified atom stereocenters. The fourth-order valence-electron chi connectivity index (χ4n) is 2.40. The van der Waals surface area contributed by atoms with Crippen molar-refractivity contribution < 1.29 is 5.21 Å². The first kappa shape index (κ1) is 11.7. The Hall–Kier alpha value is -1.78. The van der Waals surface area contributed by atoms with Gasteiger partial charge in [-0.2, -0.15) is 0 Å². The van der Waals surface area contributed by atoms with Crippen molar-refractivity contribution in [2.24, 2.45) is 10.9 Å². The average Bonchev–Trinajstić information content (AvgIpc) is 2.91. The molecule has 1 aromatic heterocycles. The number of amidine groups is 1. The number of rotatable bonds is 3. The lowest BCUT2D eigenvalue weighted by Gasteiger charge is -2.26. The second-order valence-corrected chi connectivity index (χ2v) is 4.41. The maximum absolute atomic E-state index is 8.78. The van der Waals surface area contributed by atoms with E-state index in [1.165, 1.54) is 25.7 Å². The van der Waals surface area contributed by atoms with Crippen molar-refractivity contribution in [1.82, 2.24) is 4.98 Å². The molecule has 3 N–H and O–H groups in total. The lowest BCUT2D eigenvalue weighted by molar-refractivity contribution is 0.318. The van der Waals surface area contributed by atoms with Crippen LogP contribution in [-0.2, 0) is 0 Å². The first-order chi connectivity index (χ1) is 8.24. The minimum absolute atomic E-state index is 0.109. The smallest absolute Gasteiger partial charge is 0.173 e. The molecule has 5 heteroatoms. The van der Waals surface area contributed by atoms with Crippen LogP contribution in [0.15, 0.2) is 23.5 Å². The number of nitrogens with zero attached hydrogens (tertiary/aromatic N) is 3. The van der Waals surface area contributed by atoms with Crippen molar-refractivity contribution in [3.05, 3.63) is 23.9 Å². The Labute approximate surface area is 101 Å². The van der Waals surface area contributed by atoms with E-state index < -0.39 is 0 Å². The maximum Gasteiger partial charge on any atom is 0.173 e. The molecule has 1 fully saturated rings. The minimum Gasteiger partial charge on any atom is -0.409 e. The van der Waals surface area contributed by atoms with Gasteiger partial charge in [-0.25, -0.2) is 4.98 Å². The Morgan fingerprint density at radius 2 is 2.24 bits per heavy atom. The Morgan fingerprint density at radius 3 is 2.88 bits per heavy atom. The summed E-state index contributed by atoms with van der Waals surface area (Å²) in [6, 6.07) is 4.12. The van der Waals surface area contributed by atoms with Crippen LogP contribution in [0.4, 0.5) is 5.82 Å². The average molecular weight is 234 g/mol. The molecule has 5 nitrogen and oxygen atoms in total. The van der Waals surface area contributed by atoms with E-state index in [1.54, 1.807) is 12.3 Å². The summed E-state index contributed by atoms with van der Waals surface area (Å²) in [5.74, 6) is 0.896. The minimum atomic E-state index is 0.109. The molecule has 0 amide bonds. The Balaban J connectivity index is 2.30. The first-order valence-electron chi connectivity index (χ1n) is 5.89. The summed E-state index contributed by atoms with van der Waals surface area (Å²) in [7, 11) is 2.02. The highest BCUT2D eigenvalue weighted by Crippen LogP contribution is 2.27. The maximum atomic E-state index is 8.78. The van der Waals surface area contributed by atoms with Crippen molar-refractivity contribution >= 4 is 11.7 Å². The number of anilines is 1.